The van der Waals surface area contributed by atoms with Gasteiger partial charge in [-0.3, -0.25) is 0 Å². The second-order valence-electron chi connectivity index (χ2n) is 0. The molecular formula is C6Fe2KN6. The molecule has 0 fully saturated rings. The average Bonchev–Trinajstić information content (AvgIpc) is 2.33. The van der Waals surface area contributed by atoms with Crippen LogP contribution in [0.3, 0.4) is 0 Å². The van der Waals surface area contributed by atoms with Gasteiger partial charge in [-0.05, 0) is 0 Å². The van der Waals surface area contributed by atoms with Crippen molar-refractivity contribution in [1.29, 1.82) is 31.6 Å². The summed E-state index contributed by atoms with van der Waals surface area (Å²) in [5, 5.41) is 37.5. The smallest absolute Gasteiger partial charge is 0.512 e. The van der Waals surface area contributed by atoms with Gasteiger partial charge < -0.3 is 71.0 Å². The van der Waals surface area contributed by atoms with Gasteiger partial charge in [0.05, 0.1) is 0 Å². The van der Waals surface area contributed by atoms with Crippen LogP contribution >= 0.6 is 0 Å². The minimum absolute atomic E-state index is 0. The summed E-state index contributed by atoms with van der Waals surface area (Å²) in [4.78, 5) is 0. The molecule has 9 heteroatoms. The summed E-state index contributed by atoms with van der Waals surface area (Å²) < 4.78 is 0. The fraction of sp³-hybridized carbons (Fsp3) is 0. The maximum Gasteiger partial charge on any atom is 3.00 e. The van der Waals surface area contributed by atoms with Gasteiger partial charge in [0.1, 0.15) is 0 Å². The molecule has 0 spiro atoms. The van der Waals surface area contributed by atoms with Gasteiger partial charge in [0.15, 0.2) is 0 Å². The molecule has 0 saturated carbocycles. The molecular weight excluding hydrogens is 307 g/mol. The maximum atomic E-state index is 6.25. The molecule has 0 saturated heterocycles. The maximum absolute atomic E-state index is 6.25. The van der Waals surface area contributed by atoms with E-state index in [0.29, 0.717) is 0 Å². The minimum atomic E-state index is 0. The Morgan fingerprint density at radius 3 is 0.400 bits per heavy atom. The molecule has 0 aromatic carbocycles. The third kappa shape index (κ3) is 12400. The van der Waals surface area contributed by atoms with Crippen LogP contribution in [0.15, 0.2) is 0 Å². The number of hydrogen-bond acceptors (Lipinski definition) is 6. The largest absolute Gasteiger partial charge is 3.00 e. The van der Waals surface area contributed by atoms with Gasteiger partial charge in [0.2, 0.25) is 0 Å². The monoisotopic (exact) mass is 307 g/mol. The van der Waals surface area contributed by atoms with Crippen molar-refractivity contribution in [3.8, 4) is 0 Å². The number of nitrogens with zero attached hydrogens (tertiary/aromatic N) is 6. The second-order valence-corrected chi connectivity index (χ2v) is 0. The predicted molar refractivity (Wildman–Crippen MR) is 29.8 cm³/mol. The molecule has 0 bridgehead atoms. The van der Waals surface area contributed by atoms with Gasteiger partial charge in [0, 0.05) is 0 Å². The first-order valence-corrected chi connectivity index (χ1v) is 1.34. The van der Waals surface area contributed by atoms with E-state index < -0.39 is 0 Å². The van der Waals surface area contributed by atoms with E-state index in [0.717, 1.165) is 0 Å². The van der Waals surface area contributed by atoms with Crippen LogP contribution in [0.4, 0.5) is 0 Å². The topological polar surface area (TPSA) is 143 Å². The van der Waals surface area contributed by atoms with Crippen molar-refractivity contribution in [1.82, 2.24) is 0 Å². The zero-order chi connectivity index (χ0) is 12.0. The van der Waals surface area contributed by atoms with E-state index in [1.54, 1.807) is 0 Å². The average molecular weight is 307 g/mol. The van der Waals surface area contributed by atoms with Gasteiger partial charge in [-0.1, -0.05) is 0 Å². The Labute approximate surface area is 154 Å². The Bertz CT molecular complexity index is 101. The molecule has 0 unspecified atom stereocenters. The van der Waals surface area contributed by atoms with Crippen molar-refractivity contribution < 1.29 is 85.5 Å². The van der Waals surface area contributed by atoms with Crippen LogP contribution in [0.5, 0.6) is 0 Å². The van der Waals surface area contributed by atoms with Gasteiger partial charge in [-0.15, -0.1) is 0 Å². The zero-order valence-electron chi connectivity index (χ0n) is 7.39. The Morgan fingerprint density at radius 2 is 0.400 bits per heavy atom. The van der Waals surface area contributed by atoms with E-state index in [1.165, 1.54) is 0 Å². The van der Waals surface area contributed by atoms with E-state index in [-0.39, 0.29) is 85.5 Å². The second kappa shape index (κ2) is 14600. The van der Waals surface area contributed by atoms with Crippen LogP contribution in [0.25, 0.3) is 0 Å². The van der Waals surface area contributed by atoms with E-state index >= 15 is 0 Å². The summed E-state index contributed by atoms with van der Waals surface area (Å²) in [6, 6.07) is 0. The van der Waals surface area contributed by atoms with Crippen LogP contribution in [0, 0.1) is 71.0 Å². The Hall–Kier alpha value is -0.385. The van der Waals surface area contributed by atoms with Gasteiger partial charge in [0.25, 0.3) is 0 Å². The van der Waals surface area contributed by atoms with E-state index in [9.17, 15) is 0 Å². The van der Waals surface area contributed by atoms with Crippen molar-refractivity contribution >= 4 is 0 Å². The zero-order valence-corrected chi connectivity index (χ0v) is 12.7. The molecule has 0 aliphatic carbocycles. The first kappa shape index (κ1) is 85.9. The molecule has 0 aromatic rings. The summed E-state index contributed by atoms with van der Waals surface area (Å²) in [6.07, 6.45) is 0. The van der Waals surface area contributed by atoms with Crippen molar-refractivity contribution in [3.63, 3.8) is 0 Å². The molecule has 0 amide bonds. The summed E-state index contributed by atoms with van der Waals surface area (Å²) >= 11 is 0. The third-order valence-electron chi connectivity index (χ3n) is 0. The third-order valence-corrected chi connectivity index (χ3v) is 0. The van der Waals surface area contributed by atoms with Crippen molar-refractivity contribution in [2.75, 3.05) is 0 Å². The van der Waals surface area contributed by atoms with Crippen LogP contribution in [0.2, 0.25) is 0 Å². The van der Waals surface area contributed by atoms with Crippen LogP contribution in [0.1, 0.15) is 0 Å². The molecule has 6 nitrogen and oxygen atoms in total. The summed E-state index contributed by atoms with van der Waals surface area (Å²) in [5.74, 6) is 0. The van der Waals surface area contributed by atoms with Crippen LogP contribution < -0.4 is 51.4 Å². The summed E-state index contributed by atoms with van der Waals surface area (Å²) in [7, 11) is 0. The Kier molecular flexibility index (Phi) is 83900. The molecule has 0 aromatic heterocycles. The predicted octanol–water partition coefficient (Wildman–Crippen LogP) is -2.42. The molecule has 0 N–H and O–H groups in total. The Balaban J connectivity index is -0.00000000396. The molecule has 0 atom stereocenters. The Morgan fingerprint density at radius 1 is 0.400 bits per heavy atom. The molecule has 0 aliphatic rings. The van der Waals surface area contributed by atoms with E-state index in [2.05, 4.69) is 0 Å². The summed E-state index contributed by atoms with van der Waals surface area (Å²) in [6.45, 7) is 28.5. The summed E-state index contributed by atoms with van der Waals surface area (Å²) in [5.41, 5.74) is 0. The fourth-order valence-corrected chi connectivity index (χ4v) is 0. The van der Waals surface area contributed by atoms with Crippen molar-refractivity contribution in [2.24, 2.45) is 0 Å². The van der Waals surface area contributed by atoms with Gasteiger partial charge in [-0.25, -0.2) is 0 Å². The normalized spacial score (nSPS) is 0.800. The molecule has 71 valence electrons. The first-order chi connectivity index (χ1) is 6.00. The van der Waals surface area contributed by atoms with Gasteiger partial charge >= 0.3 is 85.5 Å². The van der Waals surface area contributed by atoms with Gasteiger partial charge in [-0.2, -0.15) is 0 Å². The van der Waals surface area contributed by atoms with Crippen LogP contribution in [-0.2, 0) is 34.1 Å². The van der Waals surface area contributed by atoms with Crippen LogP contribution in [-0.4, -0.2) is 0 Å². The minimum Gasteiger partial charge on any atom is -0.512 e. The number of rotatable bonds is 0. The van der Waals surface area contributed by atoms with Crippen molar-refractivity contribution in [3.05, 3.63) is 39.4 Å². The molecule has 0 aliphatic heterocycles. The van der Waals surface area contributed by atoms with E-state index in [4.69, 9.17) is 71.0 Å². The molecule has 15 heavy (non-hydrogen) atoms. The quantitative estimate of drug-likeness (QED) is 0.360. The molecule has 0 heterocycles. The van der Waals surface area contributed by atoms with Crippen molar-refractivity contribution in [2.45, 2.75) is 0 Å². The fourth-order valence-electron chi connectivity index (χ4n) is 0. The standard InChI is InChI=1S/6CN.2Fe.K/c6*1-2;;;/q6*-1;+2;+3;+1. The number of hydrogen-bond donors (Lipinski definition) is 0. The first-order valence-electron chi connectivity index (χ1n) is 1.34. The SMILES string of the molecule is [C-]#N.[C-]#N.[C-]#N.[C-]#N.[C-]#N.[C-]#N.[Fe+2].[Fe+3].[K+]. The molecule has 1 radical (unpaired) electrons. The van der Waals surface area contributed by atoms with E-state index in [1.807, 2.05) is 0 Å². The molecule has 0 rings (SSSR count).